The average molecular weight is 452 g/mol. The first-order chi connectivity index (χ1) is 16.0. The maximum atomic E-state index is 10.9. The van der Waals surface area contributed by atoms with Crippen LogP contribution in [0.15, 0.2) is 53.7 Å². The predicted molar refractivity (Wildman–Crippen MR) is 129 cm³/mol. The normalized spacial score (nSPS) is 16.6. The highest BCUT2D eigenvalue weighted by atomic mass is 16.6. The van der Waals surface area contributed by atoms with Crippen molar-refractivity contribution in [3.05, 3.63) is 65.2 Å². The van der Waals surface area contributed by atoms with Gasteiger partial charge in [0.15, 0.2) is 0 Å². The van der Waals surface area contributed by atoms with Gasteiger partial charge in [0.25, 0.3) is 0 Å². The molecule has 176 valence electrons. The van der Waals surface area contributed by atoms with Crippen molar-refractivity contribution in [2.45, 2.75) is 52.7 Å². The number of rotatable bonds is 8. The van der Waals surface area contributed by atoms with Crippen molar-refractivity contribution in [1.82, 2.24) is 4.90 Å². The Hall–Kier alpha value is -3.19. The second kappa shape index (κ2) is 11.6. The lowest BCUT2D eigenvalue weighted by molar-refractivity contribution is -0.147. The number of aliphatic carboxylic acids is 1. The summed E-state index contributed by atoms with van der Waals surface area (Å²) in [6.07, 6.45) is 3.78. The molecule has 0 unspecified atom stereocenters. The van der Waals surface area contributed by atoms with Crippen LogP contribution in [0.2, 0.25) is 0 Å². The van der Waals surface area contributed by atoms with Crippen LogP contribution in [0.25, 0.3) is 0 Å². The molecule has 1 aliphatic carbocycles. The van der Waals surface area contributed by atoms with Gasteiger partial charge < -0.3 is 14.7 Å². The van der Waals surface area contributed by atoms with Crippen LogP contribution >= 0.6 is 0 Å². The number of nitrogens with zero attached hydrogens (tertiary/aromatic N) is 2. The van der Waals surface area contributed by atoms with Crippen molar-refractivity contribution < 1.29 is 19.5 Å². The monoisotopic (exact) mass is 451 g/mol. The Labute approximate surface area is 195 Å². The number of likely N-dealkylation sites (tertiary alicyclic amines) is 1. The van der Waals surface area contributed by atoms with Gasteiger partial charge in [0.2, 0.25) is 5.90 Å². The molecule has 33 heavy (non-hydrogen) atoms. The number of oxime groups is 1. The summed E-state index contributed by atoms with van der Waals surface area (Å²) >= 11 is 0. The summed E-state index contributed by atoms with van der Waals surface area (Å²) in [5.74, 6) is -0.163. The maximum Gasteiger partial charge on any atom is 0.309 e. The quantitative estimate of drug-likeness (QED) is 0.337. The fraction of sp³-hybridized carbons (Fsp3) is 0.423. The molecule has 0 amide bonds. The van der Waals surface area contributed by atoms with Crippen LogP contribution in [0.3, 0.4) is 0 Å². The Morgan fingerprint density at radius 1 is 1.06 bits per heavy atom. The fourth-order valence-electron chi connectivity index (χ4n) is 3.55. The van der Waals surface area contributed by atoms with Gasteiger partial charge in [0, 0.05) is 25.2 Å². The SMILES string of the molecule is C/C(=N\OC(=N)c1ccc(OC2CCC2)cc1)c1ccc(CN2CC(C(=O)O)C2)cc1.CC. The highest BCUT2D eigenvalue weighted by Gasteiger charge is 2.32. The topological polar surface area (TPSA) is 95.2 Å². The number of ether oxygens (including phenoxy) is 1. The van der Waals surface area contributed by atoms with Crippen LogP contribution in [-0.4, -0.2) is 46.8 Å². The number of nitrogens with one attached hydrogen (secondary N) is 1. The van der Waals surface area contributed by atoms with E-state index >= 15 is 0 Å². The number of hydrogen-bond acceptors (Lipinski definition) is 6. The smallest absolute Gasteiger partial charge is 0.309 e. The summed E-state index contributed by atoms with van der Waals surface area (Å²) in [5, 5.41) is 21.2. The first-order valence-corrected chi connectivity index (χ1v) is 11.6. The van der Waals surface area contributed by atoms with Gasteiger partial charge in [-0.15, -0.1) is 0 Å². The third-order valence-electron chi connectivity index (χ3n) is 5.83. The Kier molecular flexibility index (Phi) is 8.60. The minimum Gasteiger partial charge on any atom is -0.490 e. The second-order valence-electron chi connectivity index (χ2n) is 8.22. The standard InChI is InChI=1S/C24H27N3O4.C2H6/c1-16(18-7-5-17(6-8-18)13-27-14-20(15-27)24(28)29)26-31-23(25)19-9-11-22(12-10-19)30-21-3-2-4-21;1-2/h5-12,20-21,25H,2-4,13-15H2,1H3,(H,28,29);1-2H3/b25-23?,26-16+;. The summed E-state index contributed by atoms with van der Waals surface area (Å²) < 4.78 is 5.83. The molecule has 0 atom stereocenters. The van der Waals surface area contributed by atoms with Gasteiger partial charge >= 0.3 is 5.97 Å². The molecule has 2 aliphatic rings. The van der Waals surface area contributed by atoms with E-state index in [0.29, 0.717) is 30.5 Å². The molecule has 1 saturated heterocycles. The number of benzene rings is 2. The zero-order chi connectivity index (χ0) is 23.8. The van der Waals surface area contributed by atoms with E-state index in [1.807, 2.05) is 57.2 Å². The predicted octanol–water partition coefficient (Wildman–Crippen LogP) is 4.93. The maximum absolute atomic E-state index is 10.9. The Morgan fingerprint density at radius 2 is 1.67 bits per heavy atom. The summed E-state index contributed by atoms with van der Waals surface area (Å²) in [4.78, 5) is 18.3. The second-order valence-corrected chi connectivity index (χ2v) is 8.22. The van der Waals surface area contributed by atoms with Crippen molar-refractivity contribution in [2.24, 2.45) is 11.1 Å². The summed E-state index contributed by atoms with van der Waals surface area (Å²) in [7, 11) is 0. The Morgan fingerprint density at radius 3 is 2.21 bits per heavy atom. The van der Waals surface area contributed by atoms with Gasteiger partial charge in [-0.25, -0.2) is 0 Å². The van der Waals surface area contributed by atoms with Crippen LogP contribution in [0, 0.1) is 11.3 Å². The molecule has 0 spiro atoms. The van der Waals surface area contributed by atoms with Gasteiger partial charge in [-0.2, -0.15) is 0 Å². The zero-order valence-electron chi connectivity index (χ0n) is 19.6. The molecular weight excluding hydrogens is 418 g/mol. The third kappa shape index (κ3) is 6.65. The highest BCUT2D eigenvalue weighted by Crippen LogP contribution is 2.25. The minimum atomic E-state index is -0.720. The number of hydrogen-bond donors (Lipinski definition) is 2. The van der Waals surface area contributed by atoms with E-state index in [-0.39, 0.29) is 11.8 Å². The van der Waals surface area contributed by atoms with Crippen LogP contribution in [-0.2, 0) is 16.2 Å². The molecule has 0 radical (unpaired) electrons. The lowest BCUT2D eigenvalue weighted by Crippen LogP contribution is -2.49. The summed E-state index contributed by atoms with van der Waals surface area (Å²) in [5.41, 5.74) is 3.35. The molecule has 1 saturated carbocycles. The molecule has 2 aromatic carbocycles. The molecule has 4 rings (SSSR count). The van der Waals surface area contributed by atoms with Gasteiger partial charge in [0.05, 0.1) is 17.7 Å². The van der Waals surface area contributed by atoms with E-state index in [1.54, 1.807) is 12.1 Å². The molecular formula is C26H33N3O4. The van der Waals surface area contributed by atoms with Crippen LogP contribution in [0.4, 0.5) is 0 Å². The lowest BCUT2D eigenvalue weighted by atomic mass is 9.96. The van der Waals surface area contributed by atoms with E-state index in [4.69, 9.17) is 20.1 Å². The van der Waals surface area contributed by atoms with Gasteiger partial charge in [-0.3, -0.25) is 15.1 Å². The van der Waals surface area contributed by atoms with E-state index in [2.05, 4.69) is 10.1 Å². The molecule has 1 aliphatic heterocycles. The number of carboxylic acid groups (broad SMARTS) is 1. The molecule has 1 heterocycles. The lowest BCUT2D eigenvalue weighted by Gasteiger charge is -2.36. The van der Waals surface area contributed by atoms with Crippen molar-refractivity contribution in [3.63, 3.8) is 0 Å². The van der Waals surface area contributed by atoms with Crippen LogP contribution < -0.4 is 4.74 Å². The van der Waals surface area contributed by atoms with Crippen molar-refractivity contribution in [3.8, 4) is 5.75 Å². The van der Waals surface area contributed by atoms with Crippen molar-refractivity contribution in [2.75, 3.05) is 13.1 Å². The molecule has 2 N–H and O–H groups in total. The highest BCUT2D eigenvalue weighted by molar-refractivity contribution is 5.99. The van der Waals surface area contributed by atoms with E-state index in [1.165, 1.54) is 6.42 Å². The first-order valence-electron chi connectivity index (χ1n) is 11.6. The first kappa shape index (κ1) is 24.5. The minimum absolute atomic E-state index is 0.0167. The largest absolute Gasteiger partial charge is 0.490 e. The van der Waals surface area contributed by atoms with E-state index < -0.39 is 5.97 Å². The van der Waals surface area contributed by atoms with Gasteiger partial charge in [-0.1, -0.05) is 43.3 Å². The number of carboxylic acids is 1. The Balaban J connectivity index is 0.00000149. The van der Waals surface area contributed by atoms with E-state index in [9.17, 15) is 4.79 Å². The molecule has 7 heteroatoms. The molecule has 0 bridgehead atoms. The van der Waals surface area contributed by atoms with E-state index in [0.717, 1.165) is 36.3 Å². The average Bonchev–Trinajstić information content (AvgIpc) is 2.78. The number of carbonyl (C=O) groups is 1. The summed E-state index contributed by atoms with van der Waals surface area (Å²) in [6.45, 7) is 7.77. The summed E-state index contributed by atoms with van der Waals surface area (Å²) in [6, 6.07) is 15.3. The van der Waals surface area contributed by atoms with Gasteiger partial charge in [0.1, 0.15) is 5.75 Å². The van der Waals surface area contributed by atoms with Crippen molar-refractivity contribution >= 4 is 17.6 Å². The molecule has 0 aromatic heterocycles. The Bertz CT molecular complexity index is 960. The van der Waals surface area contributed by atoms with Crippen molar-refractivity contribution in [1.29, 1.82) is 5.41 Å². The molecule has 2 aromatic rings. The third-order valence-corrected chi connectivity index (χ3v) is 5.83. The van der Waals surface area contributed by atoms with Crippen LogP contribution in [0.1, 0.15) is 56.7 Å². The molecule has 7 nitrogen and oxygen atoms in total. The fourth-order valence-corrected chi connectivity index (χ4v) is 3.55. The molecule has 2 fully saturated rings. The zero-order valence-corrected chi connectivity index (χ0v) is 19.6. The van der Waals surface area contributed by atoms with Crippen LogP contribution in [0.5, 0.6) is 5.75 Å². The van der Waals surface area contributed by atoms with Gasteiger partial charge in [-0.05, 0) is 61.6 Å².